The van der Waals surface area contributed by atoms with Gasteiger partial charge in [0.1, 0.15) is 5.82 Å². The number of aromatic nitrogens is 2. The van der Waals surface area contributed by atoms with E-state index in [0.29, 0.717) is 0 Å². The van der Waals surface area contributed by atoms with Crippen molar-refractivity contribution in [2.24, 2.45) is 0 Å². The molecule has 0 unspecified atom stereocenters. The van der Waals surface area contributed by atoms with Crippen LogP contribution in [0.4, 0.5) is 24.7 Å². The monoisotopic (exact) mass is 384 g/mol. The number of nitrogens with zero attached hydrogens (tertiary/aromatic N) is 4. The molecular formula is C16H15F3N4O4. The third kappa shape index (κ3) is 3.09. The maximum absolute atomic E-state index is 13.7. The SMILES string of the molecule is CCOC(=O)c1nn(-c2ccc(F)cc2)c(N2CC(F)(F)[C@H]2C)c1[N+](=O)[O-]. The fraction of sp³-hybridized carbons (Fsp3) is 0.375. The van der Waals surface area contributed by atoms with Gasteiger partial charge in [0.15, 0.2) is 0 Å². The molecule has 1 saturated heterocycles. The molecule has 3 rings (SSSR count). The Bertz CT molecular complexity index is 898. The quantitative estimate of drug-likeness (QED) is 0.447. The molecule has 1 aromatic heterocycles. The molecule has 1 aliphatic rings. The van der Waals surface area contributed by atoms with Crippen molar-refractivity contribution >= 4 is 17.5 Å². The van der Waals surface area contributed by atoms with E-state index in [9.17, 15) is 28.1 Å². The van der Waals surface area contributed by atoms with Gasteiger partial charge in [-0.05, 0) is 38.1 Å². The zero-order valence-electron chi connectivity index (χ0n) is 14.4. The van der Waals surface area contributed by atoms with Crippen molar-refractivity contribution in [3.8, 4) is 5.69 Å². The number of anilines is 1. The maximum atomic E-state index is 13.7. The lowest BCUT2D eigenvalue weighted by atomic mass is 10.00. The van der Waals surface area contributed by atoms with E-state index in [1.165, 1.54) is 26.0 Å². The number of halogens is 3. The molecule has 1 aliphatic heterocycles. The van der Waals surface area contributed by atoms with E-state index >= 15 is 0 Å². The topological polar surface area (TPSA) is 90.5 Å². The number of rotatable bonds is 5. The molecule has 11 heteroatoms. The van der Waals surface area contributed by atoms with Gasteiger partial charge in [-0.2, -0.15) is 5.10 Å². The van der Waals surface area contributed by atoms with Crippen molar-refractivity contribution < 1.29 is 27.6 Å². The Morgan fingerprint density at radius 3 is 2.52 bits per heavy atom. The van der Waals surface area contributed by atoms with E-state index in [-0.39, 0.29) is 18.1 Å². The first-order valence-electron chi connectivity index (χ1n) is 8.02. The first kappa shape index (κ1) is 18.7. The van der Waals surface area contributed by atoms with Crippen LogP contribution >= 0.6 is 0 Å². The lowest BCUT2D eigenvalue weighted by Crippen LogP contribution is -2.64. The normalized spacial score (nSPS) is 18.1. The second kappa shape index (κ2) is 6.56. The summed E-state index contributed by atoms with van der Waals surface area (Å²) in [5.41, 5.74) is -1.17. The summed E-state index contributed by atoms with van der Waals surface area (Å²) in [4.78, 5) is 24.0. The second-order valence-electron chi connectivity index (χ2n) is 5.95. The van der Waals surface area contributed by atoms with Crippen LogP contribution in [0.5, 0.6) is 0 Å². The molecule has 0 radical (unpaired) electrons. The minimum Gasteiger partial charge on any atom is -0.461 e. The van der Waals surface area contributed by atoms with Crippen LogP contribution < -0.4 is 4.90 Å². The summed E-state index contributed by atoms with van der Waals surface area (Å²) in [6.07, 6.45) is 0. The number of hydrogen-bond acceptors (Lipinski definition) is 6. The van der Waals surface area contributed by atoms with Crippen molar-refractivity contribution in [3.05, 3.63) is 45.9 Å². The van der Waals surface area contributed by atoms with Gasteiger partial charge in [0.05, 0.1) is 29.8 Å². The molecule has 0 spiro atoms. The highest BCUT2D eigenvalue weighted by molar-refractivity contribution is 5.95. The minimum atomic E-state index is -3.05. The third-order valence-corrected chi connectivity index (χ3v) is 4.29. The van der Waals surface area contributed by atoms with Gasteiger partial charge >= 0.3 is 11.7 Å². The van der Waals surface area contributed by atoms with Gasteiger partial charge in [-0.3, -0.25) is 10.1 Å². The van der Waals surface area contributed by atoms with Gasteiger partial charge in [-0.15, -0.1) is 0 Å². The van der Waals surface area contributed by atoms with Crippen molar-refractivity contribution in [1.29, 1.82) is 0 Å². The van der Waals surface area contributed by atoms with Crippen molar-refractivity contribution in [1.82, 2.24) is 9.78 Å². The van der Waals surface area contributed by atoms with Gasteiger partial charge in [0, 0.05) is 0 Å². The van der Waals surface area contributed by atoms with Crippen LogP contribution in [0.3, 0.4) is 0 Å². The van der Waals surface area contributed by atoms with Crippen LogP contribution in [0.25, 0.3) is 5.69 Å². The summed E-state index contributed by atoms with van der Waals surface area (Å²) in [6, 6.07) is 3.37. The summed E-state index contributed by atoms with van der Waals surface area (Å²) in [5.74, 6) is -4.94. The lowest BCUT2D eigenvalue weighted by Gasteiger charge is -2.46. The highest BCUT2D eigenvalue weighted by atomic mass is 19.3. The molecule has 0 saturated carbocycles. The van der Waals surface area contributed by atoms with Crippen LogP contribution in [0.1, 0.15) is 24.3 Å². The Morgan fingerprint density at radius 1 is 1.41 bits per heavy atom. The van der Waals surface area contributed by atoms with E-state index in [0.717, 1.165) is 21.7 Å². The molecule has 2 heterocycles. The van der Waals surface area contributed by atoms with Crippen LogP contribution in [0.15, 0.2) is 24.3 Å². The molecule has 27 heavy (non-hydrogen) atoms. The molecule has 0 aliphatic carbocycles. The van der Waals surface area contributed by atoms with Gasteiger partial charge in [-0.25, -0.2) is 22.6 Å². The predicted octanol–water partition coefficient (Wildman–Crippen LogP) is 2.94. The Kier molecular flexibility index (Phi) is 4.54. The van der Waals surface area contributed by atoms with E-state index in [4.69, 9.17) is 4.74 Å². The molecule has 0 N–H and O–H groups in total. The molecular weight excluding hydrogens is 369 g/mol. The fourth-order valence-electron chi connectivity index (χ4n) is 2.80. The molecule has 8 nitrogen and oxygen atoms in total. The molecule has 0 amide bonds. The van der Waals surface area contributed by atoms with Gasteiger partial charge in [0.2, 0.25) is 11.5 Å². The van der Waals surface area contributed by atoms with Gasteiger partial charge < -0.3 is 9.64 Å². The zero-order valence-corrected chi connectivity index (χ0v) is 14.4. The number of benzene rings is 1. The fourth-order valence-corrected chi connectivity index (χ4v) is 2.80. The van der Waals surface area contributed by atoms with Crippen molar-refractivity contribution in [3.63, 3.8) is 0 Å². The van der Waals surface area contributed by atoms with E-state index < -0.39 is 46.6 Å². The van der Waals surface area contributed by atoms with Gasteiger partial charge in [-0.1, -0.05) is 0 Å². The average molecular weight is 384 g/mol. The standard InChI is InChI=1S/C16H15F3N4O4/c1-3-27-15(24)12-13(23(25)26)14(21-8-16(18,19)9(21)2)22(20-12)11-6-4-10(17)5-7-11/h4-7,9H,3,8H2,1-2H3/t9-/m1/s1. The Hall–Kier alpha value is -3.11. The number of carbonyl (C=O) groups excluding carboxylic acids is 1. The second-order valence-corrected chi connectivity index (χ2v) is 5.95. The Balaban J connectivity index is 2.22. The number of carbonyl (C=O) groups is 1. The molecule has 1 aromatic carbocycles. The Morgan fingerprint density at radius 2 is 2.04 bits per heavy atom. The van der Waals surface area contributed by atoms with Crippen molar-refractivity contribution in [2.75, 3.05) is 18.1 Å². The van der Waals surface area contributed by atoms with Crippen molar-refractivity contribution in [2.45, 2.75) is 25.8 Å². The summed E-state index contributed by atoms with van der Waals surface area (Å²) in [6.45, 7) is 1.90. The molecule has 1 atom stereocenters. The largest absolute Gasteiger partial charge is 0.461 e. The van der Waals surface area contributed by atoms with Crippen LogP contribution in [0, 0.1) is 15.9 Å². The average Bonchev–Trinajstić information content (AvgIpc) is 3.00. The molecule has 1 fully saturated rings. The number of ether oxygens (including phenoxy) is 1. The molecule has 0 bridgehead atoms. The smallest absolute Gasteiger partial charge is 0.366 e. The first-order valence-corrected chi connectivity index (χ1v) is 8.02. The molecule has 144 valence electrons. The lowest BCUT2D eigenvalue weighted by molar-refractivity contribution is -0.384. The van der Waals surface area contributed by atoms with Gasteiger partial charge in [0.25, 0.3) is 5.92 Å². The van der Waals surface area contributed by atoms with Crippen LogP contribution in [-0.4, -0.2) is 45.8 Å². The summed E-state index contributed by atoms with van der Waals surface area (Å²) < 4.78 is 46.4. The number of hydrogen-bond donors (Lipinski definition) is 0. The van der Waals surface area contributed by atoms with E-state index in [2.05, 4.69) is 5.10 Å². The summed E-state index contributed by atoms with van der Waals surface area (Å²) in [7, 11) is 0. The molecule has 2 aromatic rings. The number of alkyl halides is 2. The number of esters is 1. The summed E-state index contributed by atoms with van der Waals surface area (Å²) in [5, 5.41) is 15.6. The van der Waals surface area contributed by atoms with Crippen LogP contribution in [-0.2, 0) is 4.74 Å². The highest BCUT2D eigenvalue weighted by Gasteiger charge is 2.55. The summed E-state index contributed by atoms with van der Waals surface area (Å²) >= 11 is 0. The Labute approximate surface area is 151 Å². The maximum Gasteiger partial charge on any atom is 0.366 e. The zero-order chi connectivity index (χ0) is 19.9. The first-order chi connectivity index (χ1) is 12.7. The highest BCUT2D eigenvalue weighted by Crippen LogP contribution is 2.44. The number of nitro groups is 1. The van der Waals surface area contributed by atoms with Crippen LogP contribution in [0.2, 0.25) is 0 Å². The minimum absolute atomic E-state index is 0.0487. The van der Waals surface area contributed by atoms with E-state index in [1.807, 2.05) is 0 Å². The third-order valence-electron chi connectivity index (χ3n) is 4.29. The predicted molar refractivity (Wildman–Crippen MR) is 87.9 cm³/mol. The van der Waals surface area contributed by atoms with E-state index in [1.54, 1.807) is 0 Å².